The smallest absolute Gasteiger partial charge is 0.410 e. The number of alkyl carbamates (subject to hydrolysis) is 1. The first-order chi connectivity index (χ1) is 17.5. The Labute approximate surface area is 225 Å². The Bertz CT molecular complexity index is 912. The van der Waals surface area contributed by atoms with E-state index >= 15 is 0 Å². The first-order valence-corrected chi connectivity index (χ1v) is 14.9. The monoisotopic (exact) mass is 563 g/mol. The quantitative estimate of drug-likeness (QED) is 0.276. The van der Waals surface area contributed by atoms with Gasteiger partial charge < -0.3 is 30.1 Å². The third kappa shape index (κ3) is 10.9. The number of nitrogens with zero attached hydrogens (tertiary/aromatic N) is 1. The minimum Gasteiger partial charge on any atom is -0.446 e. The molecular weight excluding hydrogens is 518 g/mol. The van der Waals surface area contributed by atoms with Crippen molar-refractivity contribution in [2.24, 2.45) is 17.8 Å². The third-order valence-corrected chi connectivity index (χ3v) is 7.78. The van der Waals surface area contributed by atoms with E-state index in [0.717, 1.165) is 0 Å². The predicted octanol–water partition coefficient (Wildman–Crippen LogP) is 2.66. The van der Waals surface area contributed by atoms with Crippen molar-refractivity contribution in [1.82, 2.24) is 15.5 Å². The van der Waals surface area contributed by atoms with Gasteiger partial charge >= 0.3 is 12.2 Å². The number of likely N-dealkylation sites (tertiary alicyclic amines) is 1. The highest BCUT2D eigenvalue weighted by Gasteiger charge is 2.36. The molecule has 3 amide bonds. The minimum atomic E-state index is -4.72. The van der Waals surface area contributed by atoms with Crippen LogP contribution in [0.3, 0.4) is 0 Å². The van der Waals surface area contributed by atoms with Crippen molar-refractivity contribution in [3.05, 3.63) is 0 Å². The van der Waals surface area contributed by atoms with Gasteiger partial charge in [-0.25, -0.2) is 9.59 Å². The van der Waals surface area contributed by atoms with Crippen LogP contribution in [0.25, 0.3) is 0 Å². The Morgan fingerprint density at radius 2 is 1.79 bits per heavy atom. The van der Waals surface area contributed by atoms with E-state index < -0.39 is 45.2 Å². The lowest BCUT2D eigenvalue weighted by atomic mass is 9.88. The topological polar surface area (TPSA) is 172 Å². The zero-order valence-corrected chi connectivity index (χ0v) is 24.0. The molecule has 12 nitrogen and oxygen atoms in total. The second-order valence-electron chi connectivity index (χ2n) is 11.8. The van der Waals surface area contributed by atoms with Crippen LogP contribution >= 0.6 is 0 Å². The Kier molecular flexibility index (Phi) is 11.6. The van der Waals surface area contributed by atoms with Gasteiger partial charge in [0.25, 0.3) is 10.1 Å². The van der Waals surface area contributed by atoms with Gasteiger partial charge in [-0.05, 0) is 58.8 Å². The second kappa shape index (κ2) is 13.8. The van der Waals surface area contributed by atoms with Crippen molar-refractivity contribution in [2.75, 3.05) is 19.6 Å². The molecule has 0 aromatic rings. The number of hydrogen-bond donors (Lipinski definition) is 4. The number of hydrogen-bond acceptors (Lipinski definition) is 8. The highest BCUT2D eigenvalue weighted by Crippen LogP contribution is 2.29. The van der Waals surface area contributed by atoms with Crippen LogP contribution < -0.4 is 10.6 Å². The largest absolute Gasteiger partial charge is 0.446 e. The lowest BCUT2D eigenvalue weighted by molar-refractivity contribution is -0.123. The van der Waals surface area contributed by atoms with Crippen molar-refractivity contribution in [1.29, 1.82) is 0 Å². The highest BCUT2D eigenvalue weighted by atomic mass is 32.2. The molecule has 220 valence electrons. The van der Waals surface area contributed by atoms with E-state index in [2.05, 4.69) is 10.6 Å². The van der Waals surface area contributed by atoms with Gasteiger partial charge in [-0.3, -0.25) is 9.35 Å². The summed E-state index contributed by atoms with van der Waals surface area (Å²) in [6.07, 6.45) is 1.34. The number of aliphatic hydroxyl groups excluding tert-OH is 1. The molecule has 2 aliphatic heterocycles. The summed E-state index contributed by atoms with van der Waals surface area (Å²) < 4.78 is 43.8. The maximum Gasteiger partial charge on any atom is 0.410 e. The number of rotatable bonds is 11. The van der Waals surface area contributed by atoms with E-state index in [4.69, 9.17) is 9.47 Å². The highest BCUT2D eigenvalue weighted by molar-refractivity contribution is 7.86. The molecule has 0 aromatic heterocycles. The molecule has 13 heteroatoms. The standard InChI is InChI=1S/C25H45N3O9S/c1-16(2)14-19(7-6-18(22(30)38(33,34)35)15-17-8-11-26-21(17)29)27-23(31)36-20-9-12-28(13-10-20)24(32)37-25(3,4)5/h16-20,22,30H,6-15H2,1-5H3,(H,26,29)(H,27,31)(H,33,34,35)/t17-,18-,19+,22?/m0/s1. The van der Waals surface area contributed by atoms with Gasteiger partial charge in [-0.2, -0.15) is 8.42 Å². The van der Waals surface area contributed by atoms with Crippen LogP contribution in [0.1, 0.15) is 79.6 Å². The Morgan fingerprint density at radius 1 is 1.16 bits per heavy atom. The molecule has 0 aromatic carbocycles. The third-order valence-electron chi connectivity index (χ3n) is 6.79. The zero-order chi connectivity index (χ0) is 28.7. The van der Waals surface area contributed by atoms with Gasteiger partial charge in [0.1, 0.15) is 11.7 Å². The normalized spacial score (nSPS) is 21.5. The van der Waals surface area contributed by atoms with Crippen LogP contribution in [0.15, 0.2) is 0 Å². The van der Waals surface area contributed by atoms with E-state index in [9.17, 15) is 32.5 Å². The number of carbonyl (C=O) groups excluding carboxylic acids is 3. The van der Waals surface area contributed by atoms with Crippen molar-refractivity contribution >= 4 is 28.2 Å². The molecule has 0 spiro atoms. The Balaban J connectivity index is 1.92. The Morgan fingerprint density at radius 3 is 2.29 bits per heavy atom. The number of ether oxygens (including phenoxy) is 2. The fourth-order valence-corrected chi connectivity index (χ4v) is 5.66. The number of aliphatic hydroxyl groups is 1. The maximum absolute atomic E-state index is 12.7. The summed E-state index contributed by atoms with van der Waals surface area (Å²) in [6.45, 7) is 10.7. The van der Waals surface area contributed by atoms with Crippen LogP contribution in [0.5, 0.6) is 0 Å². The first-order valence-electron chi connectivity index (χ1n) is 13.4. The lowest BCUT2D eigenvalue weighted by Gasteiger charge is -2.33. The van der Waals surface area contributed by atoms with Crippen molar-refractivity contribution in [3.63, 3.8) is 0 Å². The number of piperidine rings is 1. The number of carbonyl (C=O) groups is 3. The van der Waals surface area contributed by atoms with Gasteiger partial charge in [0.2, 0.25) is 5.91 Å². The summed E-state index contributed by atoms with van der Waals surface area (Å²) in [7, 11) is -4.72. The van der Waals surface area contributed by atoms with Crippen LogP contribution in [0, 0.1) is 17.8 Å². The van der Waals surface area contributed by atoms with E-state index in [1.807, 2.05) is 13.8 Å². The van der Waals surface area contributed by atoms with Crippen LogP contribution in [-0.4, -0.2) is 83.9 Å². The predicted molar refractivity (Wildman–Crippen MR) is 140 cm³/mol. The SMILES string of the molecule is CC(C)C[C@@H](CC[C@@H](C[C@@H]1CCNC1=O)C(O)S(=O)(=O)O)NC(=O)OC1CCN(C(=O)OC(C)(C)C)CC1. The molecule has 2 fully saturated rings. The van der Waals surface area contributed by atoms with Crippen LogP contribution in [0.4, 0.5) is 9.59 Å². The van der Waals surface area contributed by atoms with Gasteiger partial charge in [0, 0.05) is 50.4 Å². The van der Waals surface area contributed by atoms with Crippen molar-refractivity contribution < 1.29 is 41.9 Å². The minimum absolute atomic E-state index is 0.113. The molecule has 2 heterocycles. The van der Waals surface area contributed by atoms with E-state index in [0.29, 0.717) is 51.7 Å². The molecule has 2 rings (SSSR count). The molecule has 0 bridgehead atoms. The van der Waals surface area contributed by atoms with Crippen LogP contribution in [-0.2, 0) is 24.4 Å². The average molecular weight is 564 g/mol. The fraction of sp³-hybridized carbons (Fsp3) is 0.880. The second-order valence-corrected chi connectivity index (χ2v) is 13.3. The first kappa shape index (κ1) is 32.1. The molecule has 0 aliphatic carbocycles. The molecule has 38 heavy (non-hydrogen) atoms. The molecule has 0 radical (unpaired) electrons. The fourth-order valence-electron chi connectivity index (χ4n) is 4.92. The lowest BCUT2D eigenvalue weighted by Crippen LogP contribution is -2.45. The van der Waals surface area contributed by atoms with Crippen molar-refractivity contribution in [2.45, 2.75) is 103 Å². The number of amides is 3. The van der Waals surface area contributed by atoms with Crippen LogP contribution in [0.2, 0.25) is 0 Å². The Hall–Kier alpha value is -2.12. The molecule has 2 saturated heterocycles. The van der Waals surface area contributed by atoms with Gasteiger partial charge in [0.05, 0.1) is 0 Å². The summed E-state index contributed by atoms with van der Waals surface area (Å²) in [6, 6.07) is -0.363. The zero-order valence-electron chi connectivity index (χ0n) is 23.1. The summed E-state index contributed by atoms with van der Waals surface area (Å²) in [4.78, 5) is 38.5. The number of nitrogens with one attached hydrogen (secondary N) is 2. The summed E-state index contributed by atoms with van der Waals surface area (Å²) in [5.41, 5.74) is -2.60. The summed E-state index contributed by atoms with van der Waals surface area (Å²) in [5.74, 6) is -1.30. The molecular formula is C25H45N3O9S. The molecule has 4 atom stereocenters. The molecule has 1 unspecified atom stereocenters. The van der Waals surface area contributed by atoms with Gasteiger partial charge in [0.15, 0.2) is 5.44 Å². The molecule has 2 aliphatic rings. The summed E-state index contributed by atoms with van der Waals surface area (Å²) in [5, 5.41) is 15.8. The molecule has 4 N–H and O–H groups in total. The maximum atomic E-state index is 12.7. The van der Waals surface area contributed by atoms with E-state index in [-0.39, 0.29) is 36.8 Å². The van der Waals surface area contributed by atoms with E-state index in [1.54, 1.807) is 25.7 Å². The molecule has 0 saturated carbocycles. The summed E-state index contributed by atoms with van der Waals surface area (Å²) >= 11 is 0. The van der Waals surface area contributed by atoms with Gasteiger partial charge in [-0.1, -0.05) is 13.8 Å². The average Bonchev–Trinajstić information content (AvgIpc) is 3.18. The van der Waals surface area contributed by atoms with E-state index in [1.165, 1.54) is 0 Å². The van der Waals surface area contributed by atoms with Gasteiger partial charge in [-0.15, -0.1) is 0 Å². The van der Waals surface area contributed by atoms with Crippen molar-refractivity contribution in [3.8, 4) is 0 Å².